The summed E-state index contributed by atoms with van der Waals surface area (Å²) in [5, 5.41) is 0. The Labute approximate surface area is 115 Å². The zero-order valence-electron chi connectivity index (χ0n) is 9.12. The molecule has 1 nitrogen and oxygen atoms in total. The van der Waals surface area contributed by atoms with Crippen LogP contribution in [-0.4, -0.2) is 17.3 Å². The number of carbonyl (C=O) groups excluding carboxylic acids is 1. The van der Waals surface area contributed by atoms with Gasteiger partial charge in [-0.25, -0.2) is 0 Å². The summed E-state index contributed by atoms with van der Waals surface area (Å²) in [6, 6.07) is 7.88. The average molecular weight is 346 g/mol. The topological polar surface area (TPSA) is 17.1 Å². The molecule has 0 saturated carbocycles. The molecule has 0 N–H and O–H groups in total. The molecule has 0 radical (unpaired) electrons. The first-order valence-electron chi connectivity index (χ1n) is 5.63. The van der Waals surface area contributed by atoms with Crippen molar-refractivity contribution in [1.29, 1.82) is 0 Å². The van der Waals surface area contributed by atoms with Gasteiger partial charge in [-0.15, -0.1) is 0 Å². The molecule has 86 valence electrons. The molecular weight excluding hydrogens is 331 g/mol. The molecule has 1 fully saturated rings. The quantitative estimate of drug-likeness (QED) is 0.608. The van der Waals surface area contributed by atoms with Crippen LogP contribution in [0, 0.1) is 9.49 Å². The second kappa shape index (κ2) is 6.05. The first-order valence-corrected chi connectivity index (χ1v) is 7.86. The Bertz CT molecular complexity index is 372. The van der Waals surface area contributed by atoms with Crippen LogP contribution in [0.1, 0.15) is 29.6 Å². The van der Waals surface area contributed by atoms with Crippen LogP contribution >= 0.6 is 34.4 Å². The SMILES string of the molecule is O=C(CC1CCSCC1)c1ccccc1I. The fourth-order valence-corrected chi connectivity index (χ4v) is 3.90. The third-order valence-electron chi connectivity index (χ3n) is 2.99. The molecule has 2 rings (SSSR count). The monoisotopic (exact) mass is 346 g/mol. The molecule has 1 saturated heterocycles. The second-order valence-corrected chi connectivity index (χ2v) is 6.55. The van der Waals surface area contributed by atoms with Gasteiger partial charge in [0.2, 0.25) is 0 Å². The largest absolute Gasteiger partial charge is 0.294 e. The Morgan fingerprint density at radius 1 is 1.31 bits per heavy atom. The Morgan fingerprint density at radius 3 is 2.69 bits per heavy atom. The molecule has 1 heterocycles. The van der Waals surface area contributed by atoms with Gasteiger partial charge in [-0.05, 0) is 58.9 Å². The van der Waals surface area contributed by atoms with E-state index < -0.39 is 0 Å². The van der Waals surface area contributed by atoms with Gasteiger partial charge in [0.25, 0.3) is 0 Å². The lowest BCUT2D eigenvalue weighted by Crippen LogP contribution is -2.15. The lowest BCUT2D eigenvalue weighted by Gasteiger charge is -2.20. The number of ketones is 1. The Kier molecular flexibility index (Phi) is 4.70. The molecule has 0 amide bonds. The van der Waals surface area contributed by atoms with E-state index in [2.05, 4.69) is 22.6 Å². The van der Waals surface area contributed by atoms with Crippen LogP contribution in [0.4, 0.5) is 0 Å². The molecule has 0 spiro atoms. The zero-order valence-corrected chi connectivity index (χ0v) is 12.1. The number of benzene rings is 1. The second-order valence-electron chi connectivity index (χ2n) is 4.16. The van der Waals surface area contributed by atoms with Crippen molar-refractivity contribution in [3.8, 4) is 0 Å². The van der Waals surface area contributed by atoms with Crippen molar-refractivity contribution in [2.45, 2.75) is 19.3 Å². The molecule has 1 aromatic rings. The first kappa shape index (κ1) is 12.4. The zero-order chi connectivity index (χ0) is 11.4. The van der Waals surface area contributed by atoms with Crippen LogP contribution in [0.2, 0.25) is 0 Å². The summed E-state index contributed by atoms with van der Waals surface area (Å²) in [5.74, 6) is 3.39. The summed E-state index contributed by atoms with van der Waals surface area (Å²) in [6.45, 7) is 0. The van der Waals surface area contributed by atoms with Gasteiger partial charge in [-0.3, -0.25) is 4.79 Å². The smallest absolute Gasteiger partial charge is 0.164 e. The molecule has 0 aromatic heterocycles. The molecule has 1 aliphatic rings. The number of hydrogen-bond acceptors (Lipinski definition) is 2. The maximum atomic E-state index is 12.1. The van der Waals surface area contributed by atoms with Crippen molar-refractivity contribution in [3.63, 3.8) is 0 Å². The van der Waals surface area contributed by atoms with E-state index >= 15 is 0 Å². The highest BCUT2D eigenvalue weighted by Gasteiger charge is 2.19. The number of hydrogen-bond donors (Lipinski definition) is 0. The van der Waals surface area contributed by atoms with Crippen molar-refractivity contribution in [3.05, 3.63) is 33.4 Å². The molecule has 0 unspecified atom stereocenters. The molecule has 0 atom stereocenters. The summed E-state index contributed by atoms with van der Waals surface area (Å²) in [5.41, 5.74) is 0.904. The first-order chi connectivity index (χ1) is 7.77. The number of halogens is 1. The minimum absolute atomic E-state index is 0.321. The van der Waals surface area contributed by atoms with Gasteiger partial charge in [0.1, 0.15) is 0 Å². The Morgan fingerprint density at radius 2 is 2.00 bits per heavy atom. The minimum atomic E-state index is 0.321. The van der Waals surface area contributed by atoms with Crippen molar-refractivity contribution in [2.75, 3.05) is 11.5 Å². The maximum Gasteiger partial charge on any atom is 0.164 e. The van der Waals surface area contributed by atoms with Crippen molar-refractivity contribution in [1.82, 2.24) is 0 Å². The molecule has 16 heavy (non-hydrogen) atoms. The van der Waals surface area contributed by atoms with Crippen molar-refractivity contribution >= 4 is 40.1 Å². The lowest BCUT2D eigenvalue weighted by molar-refractivity contribution is 0.0958. The third kappa shape index (κ3) is 3.23. The highest BCUT2D eigenvalue weighted by Crippen LogP contribution is 2.27. The summed E-state index contributed by atoms with van der Waals surface area (Å²) in [7, 11) is 0. The van der Waals surface area contributed by atoms with Crippen LogP contribution in [0.5, 0.6) is 0 Å². The fraction of sp³-hybridized carbons (Fsp3) is 0.462. The number of rotatable bonds is 3. The summed E-state index contributed by atoms with van der Waals surface area (Å²) < 4.78 is 1.08. The standard InChI is InChI=1S/C13H15IOS/c14-12-4-2-1-3-11(12)13(15)9-10-5-7-16-8-6-10/h1-4,10H,5-9H2. The van der Waals surface area contributed by atoms with E-state index in [0.29, 0.717) is 11.7 Å². The summed E-state index contributed by atoms with van der Waals surface area (Å²) in [6.07, 6.45) is 3.15. The highest BCUT2D eigenvalue weighted by molar-refractivity contribution is 14.1. The lowest BCUT2D eigenvalue weighted by atomic mass is 9.93. The fourth-order valence-electron chi connectivity index (χ4n) is 2.01. The van der Waals surface area contributed by atoms with Gasteiger partial charge >= 0.3 is 0 Å². The van der Waals surface area contributed by atoms with E-state index in [4.69, 9.17) is 0 Å². The van der Waals surface area contributed by atoms with Crippen LogP contribution in [-0.2, 0) is 0 Å². The van der Waals surface area contributed by atoms with E-state index in [9.17, 15) is 4.79 Å². The number of thioether (sulfide) groups is 1. The van der Waals surface area contributed by atoms with E-state index in [0.717, 1.165) is 15.6 Å². The van der Waals surface area contributed by atoms with Crippen molar-refractivity contribution in [2.24, 2.45) is 5.92 Å². The Hall–Kier alpha value is -0.0300. The molecule has 3 heteroatoms. The highest BCUT2D eigenvalue weighted by atomic mass is 127. The van der Waals surface area contributed by atoms with Gasteiger partial charge < -0.3 is 0 Å². The van der Waals surface area contributed by atoms with E-state index in [-0.39, 0.29) is 0 Å². The van der Waals surface area contributed by atoms with Gasteiger partial charge in [0.15, 0.2) is 5.78 Å². The van der Waals surface area contributed by atoms with E-state index in [1.807, 2.05) is 36.0 Å². The Balaban J connectivity index is 2.00. The van der Waals surface area contributed by atoms with E-state index in [1.54, 1.807) is 0 Å². The van der Waals surface area contributed by atoms with Crippen LogP contribution < -0.4 is 0 Å². The summed E-state index contributed by atoms with van der Waals surface area (Å²) >= 11 is 4.26. The predicted octanol–water partition coefficient (Wildman–Crippen LogP) is 4.01. The predicted molar refractivity (Wildman–Crippen MR) is 78.2 cm³/mol. The molecule has 0 aliphatic carbocycles. The van der Waals surface area contributed by atoms with Crippen LogP contribution in [0.15, 0.2) is 24.3 Å². The molecule has 0 bridgehead atoms. The average Bonchev–Trinajstić information content (AvgIpc) is 2.31. The van der Waals surface area contributed by atoms with Gasteiger partial charge in [-0.2, -0.15) is 11.8 Å². The number of Topliss-reactive ketones (excluding diaryl/α,β-unsaturated/α-hetero) is 1. The summed E-state index contributed by atoms with van der Waals surface area (Å²) in [4.78, 5) is 12.1. The third-order valence-corrected chi connectivity index (χ3v) is 4.98. The van der Waals surface area contributed by atoms with Gasteiger partial charge in [0.05, 0.1) is 0 Å². The molecular formula is C13H15IOS. The van der Waals surface area contributed by atoms with Gasteiger partial charge in [0, 0.05) is 15.6 Å². The van der Waals surface area contributed by atoms with Gasteiger partial charge in [-0.1, -0.05) is 18.2 Å². The van der Waals surface area contributed by atoms with Crippen LogP contribution in [0.3, 0.4) is 0 Å². The van der Waals surface area contributed by atoms with Crippen molar-refractivity contribution < 1.29 is 4.79 Å². The maximum absolute atomic E-state index is 12.1. The molecule has 1 aliphatic heterocycles. The number of carbonyl (C=O) groups is 1. The minimum Gasteiger partial charge on any atom is -0.294 e. The normalized spacial score (nSPS) is 17.3. The van der Waals surface area contributed by atoms with Crippen LogP contribution in [0.25, 0.3) is 0 Å². The molecule has 1 aromatic carbocycles. The van der Waals surface area contributed by atoms with E-state index in [1.165, 1.54) is 24.3 Å².